The molecular formula is C22H16N4O2S. The highest BCUT2D eigenvalue weighted by atomic mass is 32.1. The Balaban J connectivity index is 1.74. The molecule has 142 valence electrons. The predicted molar refractivity (Wildman–Crippen MR) is 113 cm³/mol. The lowest BCUT2D eigenvalue weighted by molar-refractivity contribution is -0.115. The van der Waals surface area contributed by atoms with E-state index in [-0.39, 0.29) is 16.9 Å². The molecule has 0 saturated carbocycles. The molecule has 0 fully saturated rings. The van der Waals surface area contributed by atoms with E-state index in [1.807, 2.05) is 58.5 Å². The number of hydrogen-bond donors (Lipinski definition) is 0. The summed E-state index contributed by atoms with van der Waals surface area (Å²) in [5.74, 6) is -0.127. The van der Waals surface area contributed by atoms with Crippen LogP contribution in [0, 0.1) is 11.3 Å². The molecule has 0 atom stereocenters. The number of para-hydroxylation sites is 2. The number of thiazole rings is 1. The van der Waals surface area contributed by atoms with E-state index < -0.39 is 0 Å². The first kappa shape index (κ1) is 18.6. The Hall–Kier alpha value is -3.76. The van der Waals surface area contributed by atoms with Crippen molar-refractivity contribution in [3.05, 3.63) is 87.7 Å². The monoisotopic (exact) mass is 400 g/mol. The van der Waals surface area contributed by atoms with Gasteiger partial charge in [-0.2, -0.15) is 5.26 Å². The summed E-state index contributed by atoms with van der Waals surface area (Å²) in [5, 5.41) is 12.3. The number of pyridine rings is 1. The predicted octanol–water partition coefficient (Wildman–Crippen LogP) is 4.06. The zero-order chi connectivity index (χ0) is 20.4. The van der Waals surface area contributed by atoms with Gasteiger partial charge in [-0.1, -0.05) is 30.3 Å². The van der Waals surface area contributed by atoms with E-state index in [1.165, 1.54) is 18.3 Å². The van der Waals surface area contributed by atoms with Crippen molar-refractivity contribution >= 4 is 39.0 Å². The van der Waals surface area contributed by atoms with Gasteiger partial charge in [0.1, 0.15) is 11.6 Å². The van der Waals surface area contributed by atoms with E-state index in [9.17, 15) is 14.9 Å². The van der Waals surface area contributed by atoms with Crippen LogP contribution in [0.5, 0.6) is 0 Å². The Labute approximate surface area is 170 Å². The number of aromatic nitrogens is 2. The fraction of sp³-hybridized carbons (Fsp3) is 0.0909. The van der Waals surface area contributed by atoms with Crippen molar-refractivity contribution < 1.29 is 4.79 Å². The summed E-state index contributed by atoms with van der Waals surface area (Å²) in [6.07, 6.45) is 1.56. The van der Waals surface area contributed by atoms with Gasteiger partial charge in [-0.25, -0.2) is 4.98 Å². The van der Waals surface area contributed by atoms with Crippen LogP contribution in [0.3, 0.4) is 0 Å². The molecule has 2 heterocycles. The number of carbonyl (C=O) groups is 1. The minimum Gasteiger partial charge on any atom is -0.340 e. The highest BCUT2D eigenvalue weighted by Crippen LogP contribution is 2.29. The van der Waals surface area contributed by atoms with Gasteiger partial charge < -0.3 is 4.57 Å². The highest BCUT2D eigenvalue weighted by molar-refractivity contribution is 7.14. The summed E-state index contributed by atoms with van der Waals surface area (Å²) in [7, 11) is 0. The molecule has 2 aromatic carbocycles. The number of rotatable bonds is 4. The summed E-state index contributed by atoms with van der Waals surface area (Å²) in [6, 6.07) is 18.5. The van der Waals surface area contributed by atoms with Gasteiger partial charge >= 0.3 is 0 Å². The maximum absolute atomic E-state index is 12.4. The maximum Gasteiger partial charge on any atom is 0.230 e. The maximum atomic E-state index is 12.4. The molecule has 0 saturated heterocycles. The third-order valence-electron chi connectivity index (χ3n) is 4.50. The van der Waals surface area contributed by atoms with Crippen molar-refractivity contribution in [1.82, 2.24) is 9.55 Å². The summed E-state index contributed by atoms with van der Waals surface area (Å²) in [4.78, 5) is 30.8. The van der Waals surface area contributed by atoms with Crippen LogP contribution in [0.2, 0.25) is 0 Å². The van der Waals surface area contributed by atoms with Gasteiger partial charge in [-0.15, -0.1) is 11.3 Å². The number of carbonyl (C=O) groups excluding carboxylic acids is 1. The second-order valence-corrected chi connectivity index (χ2v) is 7.28. The third-order valence-corrected chi connectivity index (χ3v) is 5.38. The van der Waals surface area contributed by atoms with Gasteiger partial charge in [0.05, 0.1) is 23.4 Å². The van der Waals surface area contributed by atoms with Crippen molar-refractivity contribution in [3.63, 3.8) is 0 Å². The number of fused-ring (bicyclic) bond motifs is 1. The first-order valence-corrected chi connectivity index (χ1v) is 9.79. The average molecular weight is 400 g/mol. The molecule has 0 bridgehead atoms. The number of nitrogens with zero attached hydrogens (tertiary/aromatic N) is 4. The molecule has 7 heteroatoms. The van der Waals surface area contributed by atoms with Crippen molar-refractivity contribution in [2.75, 3.05) is 4.90 Å². The Kier molecular flexibility index (Phi) is 4.94. The third kappa shape index (κ3) is 3.53. The van der Waals surface area contributed by atoms with Crippen LogP contribution in [0.1, 0.15) is 18.2 Å². The minimum atomic E-state index is -0.273. The first-order chi connectivity index (χ1) is 14.1. The zero-order valence-corrected chi connectivity index (χ0v) is 16.4. The van der Waals surface area contributed by atoms with Crippen LogP contribution in [0.25, 0.3) is 10.9 Å². The molecule has 0 aliphatic carbocycles. The molecule has 4 rings (SSSR count). The van der Waals surface area contributed by atoms with Crippen molar-refractivity contribution in [2.45, 2.75) is 13.5 Å². The van der Waals surface area contributed by atoms with Crippen molar-refractivity contribution in [1.29, 1.82) is 5.26 Å². The van der Waals surface area contributed by atoms with Gasteiger partial charge in [0.25, 0.3) is 0 Å². The normalized spacial score (nSPS) is 10.6. The summed E-state index contributed by atoms with van der Waals surface area (Å²) in [6.45, 7) is 1.88. The highest BCUT2D eigenvalue weighted by Gasteiger charge is 2.18. The van der Waals surface area contributed by atoms with Crippen LogP contribution in [0.4, 0.5) is 10.8 Å². The van der Waals surface area contributed by atoms with Crippen molar-refractivity contribution in [3.8, 4) is 6.07 Å². The second-order valence-electron chi connectivity index (χ2n) is 6.44. The Morgan fingerprint density at radius 2 is 1.90 bits per heavy atom. The Morgan fingerprint density at radius 1 is 1.17 bits per heavy atom. The average Bonchev–Trinajstić information content (AvgIpc) is 3.18. The van der Waals surface area contributed by atoms with Gasteiger partial charge in [0.15, 0.2) is 5.13 Å². The van der Waals surface area contributed by atoms with Gasteiger partial charge in [-0.05, 0) is 24.3 Å². The van der Waals surface area contributed by atoms with Crippen LogP contribution >= 0.6 is 11.3 Å². The summed E-state index contributed by atoms with van der Waals surface area (Å²) < 4.78 is 1.84. The SMILES string of the molecule is CC(=O)N(c1ccccc1)c1nc(Cn2cc(C#N)c(=O)c3ccccc32)cs1. The lowest BCUT2D eigenvalue weighted by Crippen LogP contribution is -2.22. The van der Waals surface area contributed by atoms with E-state index in [1.54, 1.807) is 23.2 Å². The Bertz CT molecular complexity index is 1300. The molecule has 0 aliphatic heterocycles. The van der Waals surface area contributed by atoms with E-state index in [0.29, 0.717) is 17.1 Å². The molecule has 1 amide bonds. The molecule has 29 heavy (non-hydrogen) atoms. The Morgan fingerprint density at radius 3 is 2.62 bits per heavy atom. The fourth-order valence-corrected chi connectivity index (χ4v) is 4.08. The molecule has 0 radical (unpaired) electrons. The van der Waals surface area contributed by atoms with Crippen LogP contribution in [-0.2, 0) is 11.3 Å². The fourth-order valence-electron chi connectivity index (χ4n) is 3.21. The standard InChI is InChI=1S/C22H16N4O2S/c1-15(27)26(18-7-3-2-4-8-18)22-24-17(14-29-22)13-25-12-16(11-23)21(28)19-9-5-6-10-20(19)25/h2-10,12,14H,13H2,1H3. The van der Waals surface area contributed by atoms with E-state index in [4.69, 9.17) is 0 Å². The second kappa shape index (κ2) is 7.70. The number of benzene rings is 2. The van der Waals surface area contributed by atoms with Crippen LogP contribution in [0.15, 0.2) is 71.0 Å². The smallest absolute Gasteiger partial charge is 0.230 e. The number of nitriles is 1. The van der Waals surface area contributed by atoms with Gasteiger partial charge in [-0.3, -0.25) is 14.5 Å². The van der Waals surface area contributed by atoms with E-state index in [2.05, 4.69) is 4.98 Å². The molecule has 2 aromatic heterocycles. The van der Waals surface area contributed by atoms with Crippen LogP contribution < -0.4 is 10.3 Å². The molecule has 0 aliphatic rings. The first-order valence-electron chi connectivity index (χ1n) is 8.91. The van der Waals surface area contributed by atoms with Crippen molar-refractivity contribution in [2.24, 2.45) is 0 Å². The largest absolute Gasteiger partial charge is 0.340 e. The zero-order valence-electron chi connectivity index (χ0n) is 15.6. The van der Waals surface area contributed by atoms with E-state index in [0.717, 1.165) is 16.9 Å². The van der Waals surface area contributed by atoms with Gasteiger partial charge in [0, 0.05) is 23.9 Å². The van der Waals surface area contributed by atoms with Gasteiger partial charge in [0.2, 0.25) is 11.3 Å². The van der Waals surface area contributed by atoms with Crippen LogP contribution in [-0.4, -0.2) is 15.5 Å². The molecule has 4 aromatic rings. The summed E-state index contributed by atoms with van der Waals surface area (Å²) in [5.41, 5.74) is 2.04. The lowest BCUT2D eigenvalue weighted by Gasteiger charge is -2.17. The van der Waals surface area contributed by atoms with E-state index >= 15 is 0 Å². The quantitative estimate of drug-likeness (QED) is 0.517. The topological polar surface area (TPSA) is 79.0 Å². The molecule has 0 spiro atoms. The molecule has 0 unspecified atom stereocenters. The number of amides is 1. The molecule has 6 nitrogen and oxygen atoms in total. The lowest BCUT2D eigenvalue weighted by atomic mass is 10.1. The number of hydrogen-bond acceptors (Lipinski definition) is 5. The molecule has 0 N–H and O–H groups in total. The molecular weight excluding hydrogens is 384 g/mol. The number of anilines is 2. The summed E-state index contributed by atoms with van der Waals surface area (Å²) >= 11 is 1.37. The minimum absolute atomic E-state index is 0.0915.